The highest BCUT2D eigenvalue weighted by Crippen LogP contribution is 2.31. The molecule has 4 rings (SSSR count). The minimum Gasteiger partial charge on any atom is -0.366 e. The summed E-state index contributed by atoms with van der Waals surface area (Å²) in [5.74, 6) is 0.894. The number of fused-ring (bicyclic) bond motifs is 1. The van der Waals surface area contributed by atoms with Crippen LogP contribution in [-0.2, 0) is 0 Å². The Morgan fingerprint density at radius 3 is 2.64 bits per heavy atom. The molecule has 1 aromatic carbocycles. The third-order valence-corrected chi connectivity index (χ3v) is 4.95. The molecule has 112 valence electrons. The molecule has 2 aromatic heterocycles. The maximum absolute atomic E-state index is 4.62. The average molecular weight is 311 g/mol. The molecule has 6 heteroatoms. The fourth-order valence-corrected chi connectivity index (χ4v) is 3.65. The van der Waals surface area contributed by atoms with Gasteiger partial charge in [0.05, 0.1) is 15.9 Å². The van der Waals surface area contributed by atoms with Gasteiger partial charge in [-0.25, -0.2) is 9.97 Å². The molecule has 3 aromatic rings. The molecule has 5 nitrogen and oxygen atoms in total. The van der Waals surface area contributed by atoms with Gasteiger partial charge in [0.1, 0.15) is 5.82 Å². The van der Waals surface area contributed by atoms with Gasteiger partial charge < -0.3 is 10.6 Å². The Balaban J connectivity index is 1.35. The van der Waals surface area contributed by atoms with Crippen LogP contribution in [0.15, 0.2) is 36.7 Å². The van der Waals surface area contributed by atoms with Crippen molar-refractivity contribution in [2.24, 2.45) is 0 Å². The second kappa shape index (κ2) is 5.53. The van der Waals surface area contributed by atoms with Crippen LogP contribution in [0.3, 0.4) is 0 Å². The fraction of sp³-hybridized carbons (Fsp3) is 0.312. The quantitative estimate of drug-likeness (QED) is 0.772. The fourth-order valence-electron chi connectivity index (χ4n) is 2.70. The van der Waals surface area contributed by atoms with E-state index in [-0.39, 0.29) is 0 Å². The first-order valence-electron chi connectivity index (χ1n) is 7.44. The molecule has 1 fully saturated rings. The molecule has 1 aliphatic rings. The number of rotatable bonds is 4. The highest BCUT2D eigenvalue weighted by atomic mass is 32.1. The van der Waals surface area contributed by atoms with Crippen molar-refractivity contribution in [3.63, 3.8) is 0 Å². The standard InChI is InChI=1S/C16H17N5S/c1-10-15(18-7-6-17-10)19-11-8-12(9-11)20-16-21-13-4-2-3-5-14(13)22-16/h2-7,11-12H,8-9H2,1H3,(H,18,19)(H,20,21). The maximum atomic E-state index is 4.62. The van der Waals surface area contributed by atoms with Gasteiger partial charge in [0, 0.05) is 24.5 Å². The lowest BCUT2D eigenvalue weighted by atomic mass is 9.87. The molecule has 1 saturated carbocycles. The number of aryl methyl sites for hydroxylation is 1. The molecule has 0 amide bonds. The zero-order valence-electron chi connectivity index (χ0n) is 12.3. The van der Waals surface area contributed by atoms with Crippen molar-refractivity contribution in [3.8, 4) is 0 Å². The molecule has 2 heterocycles. The first-order chi connectivity index (χ1) is 10.8. The van der Waals surface area contributed by atoms with E-state index >= 15 is 0 Å². The second-order valence-electron chi connectivity index (χ2n) is 5.63. The summed E-state index contributed by atoms with van der Waals surface area (Å²) in [5.41, 5.74) is 2.02. The molecule has 0 unspecified atom stereocenters. The first-order valence-corrected chi connectivity index (χ1v) is 8.26. The van der Waals surface area contributed by atoms with Crippen molar-refractivity contribution in [1.82, 2.24) is 15.0 Å². The van der Waals surface area contributed by atoms with Gasteiger partial charge in [-0.3, -0.25) is 4.98 Å². The van der Waals surface area contributed by atoms with E-state index < -0.39 is 0 Å². The number of aromatic nitrogens is 3. The SMILES string of the molecule is Cc1nccnc1NC1CC(Nc2nc3ccccc3s2)C1. The van der Waals surface area contributed by atoms with Crippen LogP contribution in [0.2, 0.25) is 0 Å². The summed E-state index contributed by atoms with van der Waals surface area (Å²) >= 11 is 1.72. The molecular formula is C16H17N5S. The number of thiazole rings is 1. The average Bonchev–Trinajstić information content (AvgIpc) is 2.89. The number of para-hydroxylation sites is 1. The topological polar surface area (TPSA) is 62.7 Å². The minimum atomic E-state index is 0.460. The molecule has 0 radical (unpaired) electrons. The number of hydrogen-bond donors (Lipinski definition) is 2. The molecule has 2 N–H and O–H groups in total. The Hall–Kier alpha value is -2.21. The van der Waals surface area contributed by atoms with E-state index in [0.717, 1.165) is 35.0 Å². The van der Waals surface area contributed by atoms with Crippen LogP contribution in [0.1, 0.15) is 18.5 Å². The number of nitrogens with one attached hydrogen (secondary N) is 2. The summed E-state index contributed by atoms with van der Waals surface area (Å²) in [5, 5.41) is 8.00. The van der Waals surface area contributed by atoms with Crippen molar-refractivity contribution in [1.29, 1.82) is 0 Å². The Labute approximate surface area is 132 Å². The molecule has 0 bridgehead atoms. The number of anilines is 2. The summed E-state index contributed by atoms with van der Waals surface area (Å²) in [6, 6.07) is 9.19. The lowest BCUT2D eigenvalue weighted by Crippen LogP contribution is -2.43. The molecule has 0 saturated heterocycles. The van der Waals surface area contributed by atoms with Crippen molar-refractivity contribution in [2.45, 2.75) is 31.8 Å². The zero-order valence-corrected chi connectivity index (χ0v) is 13.1. The molecule has 1 aliphatic carbocycles. The van der Waals surface area contributed by atoms with E-state index in [1.807, 2.05) is 13.0 Å². The van der Waals surface area contributed by atoms with Gasteiger partial charge in [-0.2, -0.15) is 0 Å². The third kappa shape index (κ3) is 2.62. The van der Waals surface area contributed by atoms with Crippen molar-refractivity contribution < 1.29 is 0 Å². The van der Waals surface area contributed by atoms with Gasteiger partial charge in [-0.15, -0.1) is 0 Å². The molecule has 0 aliphatic heterocycles. The summed E-state index contributed by atoms with van der Waals surface area (Å²) in [4.78, 5) is 13.2. The number of nitrogens with zero attached hydrogens (tertiary/aromatic N) is 3. The Morgan fingerprint density at radius 2 is 1.82 bits per heavy atom. The number of benzene rings is 1. The van der Waals surface area contributed by atoms with Gasteiger partial charge in [0.2, 0.25) is 0 Å². The van der Waals surface area contributed by atoms with Crippen LogP contribution in [0.4, 0.5) is 10.9 Å². The monoisotopic (exact) mass is 311 g/mol. The Morgan fingerprint density at radius 1 is 1.05 bits per heavy atom. The molecule has 0 spiro atoms. The highest BCUT2D eigenvalue weighted by Gasteiger charge is 2.30. The lowest BCUT2D eigenvalue weighted by Gasteiger charge is -2.36. The summed E-state index contributed by atoms with van der Waals surface area (Å²) in [6.07, 6.45) is 5.60. The largest absolute Gasteiger partial charge is 0.366 e. The van der Waals surface area contributed by atoms with E-state index in [4.69, 9.17) is 0 Å². The van der Waals surface area contributed by atoms with Crippen molar-refractivity contribution in [3.05, 3.63) is 42.4 Å². The second-order valence-corrected chi connectivity index (χ2v) is 6.66. The minimum absolute atomic E-state index is 0.460. The van der Waals surface area contributed by atoms with E-state index in [0.29, 0.717) is 12.1 Å². The predicted molar refractivity (Wildman–Crippen MR) is 90.4 cm³/mol. The first kappa shape index (κ1) is 13.5. The van der Waals surface area contributed by atoms with Gasteiger partial charge in [-0.05, 0) is 31.9 Å². The van der Waals surface area contributed by atoms with Crippen LogP contribution in [0.5, 0.6) is 0 Å². The summed E-state index contributed by atoms with van der Waals surface area (Å²) in [6.45, 7) is 1.98. The normalized spacial score (nSPS) is 20.6. The Kier molecular flexibility index (Phi) is 3.38. The van der Waals surface area contributed by atoms with E-state index in [9.17, 15) is 0 Å². The van der Waals surface area contributed by atoms with E-state index in [1.54, 1.807) is 23.7 Å². The third-order valence-electron chi connectivity index (χ3n) is 3.98. The van der Waals surface area contributed by atoms with Gasteiger partial charge in [-0.1, -0.05) is 23.5 Å². The number of hydrogen-bond acceptors (Lipinski definition) is 6. The zero-order chi connectivity index (χ0) is 14.9. The Bertz CT molecular complexity index is 761. The summed E-state index contributed by atoms with van der Waals surface area (Å²) in [7, 11) is 0. The predicted octanol–water partition coefficient (Wildman–Crippen LogP) is 3.45. The van der Waals surface area contributed by atoms with Crippen LogP contribution >= 0.6 is 11.3 Å². The van der Waals surface area contributed by atoms with Crippen molar-refractivity contribution >= 4 is 32.5 Å². The van der Waals surface area contributed by atoms with Gasteiger partial charge >= 0.3 is 0 Å². The van der Waals surface area contributed by atoms with Crippen molar-refractivity contribution in [2.75, 3.05) is 10.6 Å². The maximum Gasteiger partial charge on any atom is 0.184 e. The van der Waals surface area contributed by atoms with Crippen LogP contribution in [-0.4, -0.2) is 27.0 Å². The van der Waals surface area contributed by atoms with Crippen LogP contribution < -0.4 is 10.6 Å². The highest BCUT2D eigenvalue weighted by molar-refractivity contribution is 7.22. The molecular weight excluding hydrogens is 294 g/mol. The lowest BCUT2D eigenvalue weighted by molar-refractivity contribution is 0.396. The smallest absolute Gasteiger partial charge is 0.184 e. The van der Waals surface area contributed by atoms with Gasteiger partial charge in [0.25, 0.3) is 0 Å². The van der Waals surface area contributed by atoms with E-state index in [1.165, 1.54) is 4.70 Å². The molecule has 22 heavy (non-hydrogen) atoms. The molecule has 0 atom stereocenters. The van der Waals surface area contributed by atoms with E-state index in [2.05, 4.69) is 43.8 Å². The van der Waals surface area contributed by atoms with Crippen LogP contribution in [0, 0.1) is 6.92 Å². The van der Waals surface area contributed by atoms with Crippen LogP contribution in [0.25, 0.3) is 10.2 Å². The van der Waals surface area contributed by atoms with Gasteiger partial charge in [0.15, 0.2) is 5.13 Å². The summed E-state index contributed by atoms with van der Waals surface area (Å²) < 4.78 is 1.23.